The lowest BCUT2D eigenvalue weighted by Crippen LogP contribution is -2.42. The minimum absolute atomic E-state index is 0.126. The Labute approximate surface area is 192 Å². The Morgan fingerprint density at radius 3 is 2.73 bits per heavy atom. The van der Waals surface area contributed by atoms with Crippen LogP contribution in [0.4, 0.5) is 0 Å². The van der Waals surface area contributed by atoms with E-state index in [1.165, 1.54) is 6.20 Å². The Balaban J connectivity index is 1.16. The Bertz CT molecular complexity index is 1200. The van der Waals surface area contributed by atoms with Gasteiger partial charge in [-0.25, -0.2) is 4.98 Å². The third-order valence-electron chi connectivity index (χ3n) is 6.78. The molecule has 3 heterocycles. The molecular formula is C25H30N4O4. The average molecular weight is 451 g/mol. The van der Waals surface area contributed by atoms with Crippen LogP contribution in [0.25, 0.3) is 11.0 Å². The summed E-state index contributed by atoms with van der Waals surface area (Å²) in [7, 11) is 0. The zero-order valence-electron chi connectivity index (χ0n) is 18.9. The van der Waals surface area contributed by atoms with E-state index in [9.17, 15) is 9.90 Å². The first-order chi connectivity index (χ1) is 16.0. The summed E-state index contributed by atoms with van der Waals surface area (Å²) in [5.74, 6) is 1.45. The molecule has 1 aromatic carbocycles. The van der Waals surface area contributed by atoms with E-state index < -0.39 is 5.60 Å². The van der Waals surface area contributed by atoms with Gasteiger partial charge in [0.2, 0.25) is 0 Å². The van der Waals surface area contributed by atoms with Crippen molar-refractivity contribution in [3.8, 4) is 11.5 Å². The Kier molecular flexibility index (Phi) is 6.03. The van der Waals surface area contributed by atoms with E-state index >= 15 is 0 Å². The first kappa shape index (κ1) is 21.9. The molecule has 0 spiro atoms. The minimum Gasteiger partial charge on any atom is -0.486 e. The van der Waals surface area contributed by atoms with Gasteiger partial charge in [-0.3, -0.25) is 9.78 Å². The summed E-state index contributed by atoms with van der Waals surface area (Å²) in [6, 6.07) is 8.17. The van der Waals surface area contributed by atoms with Gasteiger partial charge in [0.25, 0.3) is 5.56 Å². The number of rotatable bonds is 6. The van der Waals surface area contributed by atoms with Crippen molar-refractivity contribution >= 4 is 11.0 Å². The maximum Gasteiger partial charge on any atom is 0.269 e. The standard InChI is InChI=1S/C25H30N4O4/c1-17-2-3-20-21(12-17)29(24(30)16-28-20)9-8-25(31)6-4-18(5-7-25)26-14-19-13-22-23(15-27-19)33-11-10-32-22/h2-3,12-13,15-16,18,26,31H,4-11,14H2,1H3. The summed E-state index contributed by atoms with van der Waals surface area (Å²) in [6.45, 7) is 4.26. The van der Waals surface area contributed by atoms with Gasteiger partial charge < -0.3 is 24.5 Å². The lowest BCUT2D eigenvalue weighted by atomic mass is 9.80. The average Bonchev–Trinajstić information content (AvgIpc) is 2.83. The van der Waals surface area contributed by atoms with Crippen LogP contribution in [0.3, 0.4) is 0 Å². The van der Waals surface area contributed by atoms with Gasteiger partial charge in [0.05, 0.1) is 34.7 Å². The van der Waals surface area contributed by atoms with E-state index in [2.05, 4.69) is 15.3 Å². The number of hydrogen-bond donors (Lipinski definition) is 2. The number of nitrogens with zero attached hydrogens (tertiary/aromatic N) is 3. The molecule has 0 unspecified atom stereocenters. The first-order valence-corrected chi connectivity index (χ1v) is 11.7. The first-order valence-electron chi connectivity index (χ1n) is 11.7. The van der Waals surface area contributed by atoms with Gasteiger partial charge in [-0.15, -0.1) is 0 Å². The highest BCUT2D eigenvalue weighted by molar-refractivity contribution is 5.75. The van der Waals surface area contributed by atoms with Crippen LogP contribution in [-0.4, -0.2) is 44.5 Å². The Morgan fingerprint density at radius 1 is 1.12 bits per heavy atom. The molecule has 2 aromatic heterocycles. The van der Waals surface area contributed by atoms with Gasteiger partial charge in [-0.2, -0.15) is 0 Å². The van der Waals surface area contributed by atoms with Gasteiger partial charge in [0.15, 0.2) is 11.5 Å². The van der Waals surface area contributed by atoms with Crippen LogP contribution in [0, 0.1) is 6.92 Å². The number of ether oxygens (including phenoxy) is 2. The van der Waals surface area contributed by atoms with Crippen molar-refractivity contribution in [3.05, 3.63) is 58.3 Å². The second-order valence-electron chi connectivity index (χ2n) is 9.19. The van der Waals surface area contributed by atoms with E-state index in [1.54, 1.807) is 10.8 Å². The molecule has 174 valence electrons. The van der Waals surface area contributed by atoms with Crippen molar-refractivity contribution in [2.24, 2.45) is 0 Å². The summed E-state index contributed by atoms with van der Waals surface area (Å²) >= 11 is 0. The zero-order chi connectivity index (χ0) is 22.8. The molecule has 0 atom stereocenters. The quantitative estimate of drug-likeness (QED) is 0.596. The smallest absolute Gasteiger partial charge is 0.269 e. The van der Waals surface area contributed by atoms with Gasteiger partial charge in [-0.1, -0.05) is 6.07 Å². The number of aryl methyl sites for hydroxylation is 2. The number of fused-ring (bicyclic) bond motifs is 2. The van der Waals surface area contributed by atoms with E-state index in [1.807, 2.05) is 31.2 Å². The van der Waals surface area contributed by atoms with Crippen molar-refractivity contribution in [2.75, 3.05) is 13.2 Å². The molecule has 0 bridgehead atoms. The summed E-state index contributed by atoms with van der Waals surface area (Å²) in [6.07, 6.45) is 6.81. The largest absolute Gasteiger partial charge is 0.486 e. The molecule has 8 nitrogen and oxygen atoms in total. The number of nitrogens with one attached hydrogen (secondary N) is 1. The number of pyridine rings is 1. The third kappa shape index (κ3) is 4.86. The molecule has 2 N–H and O–H groups in total. The predicted octanol–water partition coefficient (Wildman–Crippen LogP) is 2.72. The monoisotopic (exact) mass is 450 g/mol. The molecule has 1 fully saturated rings. The SMILES string of the molecule is Cc1ccc2ncc(=O)n(CCC3(O)CCC(NCc4cc5c(cn4)OCCO5)CC3)c2c1. The van der Waals surface area contributed by atoms with Crippen LogP contribution in [0.5, 0.6) is 11.5 Å². The molecule has 0 radical (unpaired) electrons. The lowest BCUT2D eigenvalue weighted by molar-refractivity contribution is -0.0144. The van der Waals surface area contributed by atoms with Crippen LogP contribution in [0.15, 0.2) is 41.5 Å². The molecule has 3 aromatic rings. The molecule has 1 aliphatic heterocycles. The van der Waals surface area contributed by atoms with Gasteiger partial charge in [0, 0.05) is 25.2 Å². The summed E-state index contributed by atoms with van der Waals surface area (Å²) in [5.41, 5.74) is 2.74. The summed E-state index contributed by atoms with van der Waals surface area (Å²) < 4.78 is 12.9. The van der Waals surface area contributed by atoms with Crippen LogP contribution < -0.4 is 20.3 Å². The highest BCUT2D eigenvalue weighted by Crippen LogP contribution is 2.33. The second-order valence-corrected chi connectivity index (χ2v) is 9.19. The van der Waals surface area contributed by atoms with E-state index in [-0.39, 0.29) is 5.56 Å². The summed E-state index contributed by atoms with van der Waals surface area (Å²) in [5, 5.41) is 14.7. The van der Waals surface area contributed by atoms with E-state index in [0.29, 0.717) is 57.4 Å². The van der Waals surface area contributed by atoms with Crippen LogP contribution in [0.2, 0.25) is 0 Å². The van der Waals surface area contributed by atoms with Crippen molar-refractivity contribution in [2.45, 2.75) is 63.8 Å². The fourth-order valence-corrected chi connectivity index (χ4v) is 4.77. The van der Waals surface area contributed by atoms with Crippen molar-refractivity contribution in [1.82, 2.24) is 19.9 Å². The lowest BCUT2D eigenvalue weighted by Gasteiger charge is -2.36. The van der Waals surface area contributed by atoms with E-state index in [0.717, 1.165) is 40.9 Å². The maximum atomic E-state index is 12.5. The van der Waals surface area contributed by atoms with Crippen molar-refractivity contribution in [3.63, 3.8) is 0 Å². The van der Waals surface area contributed by atoms with Gasteiger partial charge in [-0.05, 0) is 56.7 Å². The fourth-order valence-electron chi connectivity index (χ4n) is 4.77. The maximum absolute atomic E-state index is 12.5. The molecule has 5 rings (SSSR count). The zero-order valence-corrected chi connectivity index (χ0v) is 18.9. The number of benzene rings is 1. The van der Waals surface area contributed by atoms with Crippen molar-refractivity contribution < 1.29 is 14.6 Å². The van der Waals surface area contributed by atoms with E-state index in [4.69, 9.17) is 9.47 Å². The van der Waals surface area contributed by atoms with Gasteiger partial charge >= 0.3 is 0 Å². The van der Waals surface area contributed by atoms with Crippen LogP contribution >= 0.6 is 0 Å². The molecule has 0 amide bonds. The molecule has 2 aliphatic rings. The number of aromatic nitrogens is 3. The van der Waals surface area contributed by atoms with Crippen molar-refractivity contribution in [1.29, 1.82) is 0 Å². The number of aliphatic hydroxyl groups is 1. The molecule has 8 heteroatoms. The van der Waals surface area contributed by atoms with Crippen LogP contribution in [-0.2, 0) is 13.1 Å². The third-order valence-corrected chi connectivity index (χ3v) is 6.78. The van der Waals surface area contributed by atoms with Gasteiger partial charge in [0.1, 0.15) is 13.2 Å². The summed E-state index contributed by atoms with van der Waals surface area (Å²) in [4.78, 5) is 21.2. The molecule has 33 heavy (non-hydrogen) atoms. The normalized spacial score (nSPS) is 22.4. The Morgan fingerprint density at radius 2 is 1.91 bits per heavy atom. The second kappa shape index (κ2) is 9.11. The molecule has 1 aliphatic carbocycles. The number of hydrogen-bond acceptors (Lipinski definition) is 7. The molecule has 1 saturated carbocycles. The van der Waals surface area contributed by atoms with Crippen LogP contribution in [0.1, 0.15) is 43.4 Å². The molecular weight excluding hydrogens is 420 g/mol. The highest BCUT2D eigenvalue weighted by Gasteiger charge is 2.33. The highest BCUT2D eigenvalue weighted by atomic mass is 16.6. The Hall–Kier alpha value is -2.97. The minimum atomic E-state index is -0.758. The molecule has 0 saturated heterocycles. The topological polar surface area (TPSA) is 98.5 Å². The fraction of sp³-hybridized carbons (Fsp3) is 0.480. The predicted molar refractivity (Wildman–Crippen MR) is 125 cm³/mol.